The molecule has 0 aromatic heterocycles. The minimum absolute atomic E-state index is 0.121. The summed E-state index contributed by atoms with van der Waals surface area (Å²) in [5.41, 5.74) is 3.19. The number of carbonyl (C=O) groups is 1. The van der Waals surface area contributed by atoms with E-state index in [2.05, 4.69) is 44.2 Å². The molecule has 0 aliphatic heterocycles. The first kappa shape index (κ1) is 28.7. The van der Waals surface area contributed by atoms with Gasteiger partial charge in [0.1, 0.15) is 0 Å². The highest BCUT2D eigenvalue weighted by Crippen LogP contribution is 2.29. The van der Waals surface area contributed by atoms with E-state index in [0.29, 0.717) is 12.5 Å². The van der Waals surface area contributed by atoms with E-state index in [9.17, 15) is 4.79 Å². The fraction of sp³-hybridized carbons (Fsp3) is 0.552. The minimum atomic E-state index is -0.121. The van der Waals surface area contributed by atoms with Crippen molar-refractivity contribution < 1.29 is 4.79 Å². The highest BCUT2D eigenvalue weighted by molar-refractivity contribution is 5.81. The van der Waals surface area contributed by atoms with Gasteiger partial charge in [0.2, 0.25) is 5.91 Å². The molecule has 0 radical (unpaired) electrons. The van der Waals surface area contributed by atoms with Gasteiger partial charge in [0.25, 0.3) is 0 Å². The van der Waals surface area contributed by atoms with Crippen molar-refractivity contribution in [2.45, 2.75) is 58.9 Å². The fourth-order valence-electron chi connectivity index (χ4n) is 4.43. The monoisotopic (exact) mass is 453 g/mol. The van der Waals surface area contributed by atoms with Gasteiger partial charge >= 0.3 is 0 Å². The quantitative estimate of drug-likeness (QED) is 0.301. The third-order valence-corrected chi connectivity index (χ3v) is 6.91. The summed E-state index contributed by atoms with van der Waals surface area (Å²) in [5, 5.41) is 6.78. The summed E-state index contributed by atoms with van der Waals surface area (Å²) in [6.45, 7) is 19.8. The number of anilines is 1. The summed E-state index contributed by atoms with van der Waals surface area (Å²) < 4.78 is 0. The average molecular weight is 454 g/mol. The van der Waals surface area contributed by atoms with Crippen LogP contribution in [0.25, 0.3) is 6.08 Å². The largest absolute Gasteiger partial charge is 0.388 e. The summed E-state index contributed by atoms with van der Waals surface area (Å²) in [4.78, 5) is 14.3. The Labute approximate surface area is 203 Å². The van der Waals surface area contributed by atoms with Gasteiger partial charge in [-0.05, 0) is 56.2 Å². The molecule has 1 aliphatic rings. The molecule has 184 valence electrons. The number of nitrogens with one attached hydrogen (secondary N) is 2. The van der Waals surface area contributed by atoms with Crippen LogP contribution in [0.1, 0.15) is 58.4 Å². The second kappa shape index (κ2) is 15.5. The van der Waals surface area contributed by atoms with Gasteiger partial charge in [-0.15, -0.1) is 6.58 Å². The molecule has 4 atom stereocenters. The molecular formula is C29H47N3O. The van der Waals surface area contributed by atoms with E-state index in [-0.39, 0.29) is 11.8 Å². The number of amides is 1. The van der Waals surface area contributed by atoms with Crippen LogP contribution in [0.4, 0.5) is 5.69 Å². The Balaban J connectivity index is 0.000000451. The molecule has 0 saturated heterocycles. The van der Waals surface area contributed by atoms with Crippen molar-refractivity contribution in [3.8, 4) is 0 Å². The van der Waals surface area contributed by atoms with Crippen molar-refractivity contribution in [3.63, 3.8) is 0 Å². The zero-order valence-electron chi connectivity index (χ0n) is 21.7. The van der Waals surface area contributed by atoms with E-state index in [4.69, 9.17) is 0 Å². The van der Waals surface area contributed by atoms with Gasteiger partial charge in [-0.3, -0.25) is 4.79 Å². The number of hydrogen-bond donors (Lipinski definition) is 2. The molecule has 1 fully saturated rings. The molecule has 0 bridgehead atoms. The molecule has 1 aromatic carbocycles. The summed E-state index contributed by atoms with van der Waals surface area (Å²) in [6.07, 6.45) is 9.30. The molecule has 1 saturated carbocycles. The van der Waals surface area contributed by atoms with E-state index < -0.39 is 0 Å². The van der Waals surface area contributed by atoms with Gasteiger partial charge < -0.3 is 15.5 Å². The lowest BCUT2D eigenvalue weighted by atomic mass is 9.78. The number of rotatable bonds is 11. The standard InChI is InChI=1S/C20H36N2O.C9H11N/c1-7-10-18(15(2)3)20(23)22(6)14-9-13-21-19-12-8-11-16(4)17(19)5;1-3-8-6-4-5-7-9(8)10-2/h7,16-19,21H,1-2,8-14H2,3-6H3;3-7,10H,1H2,2H3. The van der Waals surface area contributed by atoms with Crippen LogP contribution in [0.5, 0.6) is 0 Å². The molecule has 0 heterocycles. The predicted molar refractivity (Wildman–Crippen MR) is 145 cm³/mol. The molecule has 1 aliphatic carbocycles. The van der Waals surface area contributed by atoms with E-state index in [1.165, 1.54) is 19.3 Å². The average Bonchev–Trinajstić information content (AvgIpc) is 2.82. The third-order valence-electron chi connectivity index (χ3n) is 6.91. The number of hydrogen-bond acceptors (Lipinski definition) is 3. The Morgan fingerprint density at radius 2 is 1.94 bits per heavy atom. The van der Waals surface area contributed by atoms with E-state index in [0.717, 1.165) is 48.2 Å². The maximum absolute atomic E-state index is 12.5. The van der Waals surface area contributed by atoms with Gasteiger partial charge in [0.15, 0.2) is 0 Å². The number of para-hydroxylation sites is 1. The normalized spacial score (nSPS) is 20.6. The second-order valence-electron chi connectivity index (χ2n) is 9.41. The van der Waals surface area contributed by atoms with Gasteiger partial charge in [0, 0.05) is 32.4 Å². The number of allylic oxidation sites excluding steroid dienone is 1. The molecule has 1 amide bonds. The van der Waals surface area contributed by atoms with Gasteiger partial charge in [-0.25, -0.2) is 0 Å². The first-order valence-electron chi connectivity index (χ1n) is 12.4. The van der Waals surface area contributed by atoms with Crippen LogP contribution in [-0.4, -0.2) is 44.0 Å². The Hall–Kier alpha value is -2.33. The maximum Gasteiger partial charge on any atom is 0.229 e. The van der Waals surface area contributed by atoms with E-state index in [1.807, 2.05) is 56.3 Å². The van der Waals surface area contributed by atoms with Crippen molar-refractivity contribution in [1.82, 2.24) is 10.2 Å². The van der Waals surface area contributed by atoms with Crippen LogP contribution in [0.15, 0.2) is 55.7 Å². The van der Waals surface area contributed by atoms with Crippen LogP contribution in [0, 0.1) is 17.8 Å². The molecule has 1 aromatic rings. The molecule has 33 heavy (non-hydrogen) atoms. The molecule has 4 unspecified atom stereocenters. The number of nitrogens with zero attached hydrogens (tertiary/aromatic N) is 1. The zero-order chi connectivity index (χ0) is 24.8. The molecule has 2 rings (SSSR count). The first-order chi connectivity index (χ1) is 15.8. The van der Waals surface area contributed by atoms with Crippen LogP contribution >= 0.6 is 0 Å². The lowest BCUT2D eigenvalue weighted by Gasteiger charge is -2.35. The second-order valence-corrected chi connectivity index (χ2v) is 9.41. The SMILES string of the molecule is C=CCC(C(=C)C)C(=O)N(C)CCCNC1CCCC(C)C1C.C=Cc1ccccc1NC. The Morgan fingerprint density at radius 1 is 1.24 bits per heavy atom. The van der Waals surface area contributed by atoms with Crippen LogP contribution in [0.2, 0.25) is 0 Å². The maximum atomic E-state index is 12.5. The summed E-state index contributed by atoms with van der Waals surface area (Å²) >= 11 is 0. The molecule has 2 N–H and O–H groups in total. The van der Waals surface area contributed by atoms with E-state index in [1.54, 1.807) is 6.08 Å². The van der Waals surface area contributed by atoms with Crippen molar-refractivity contribution in [2.75, 3.05) is 32.5 Å². The first-order valence-corrected chi connectivity index (χ1v) is 12.4. The van der Waals surface area contributed by atoms with Crippen LogP contribution in [0.3, 0.4) is 0 Å². The van der Waals surface area contributed by atoms with Gasteiger partial charge in [-0.2, -0.15) is 0 Å². The molecular weight excluding hydrogens is 406 g/mol. The Bertz CT molecular complexity index is 757. The summed E-state index contributed by atoms with van der Waals surface area (Å²) in [6, 6.07) is 8.69. The molecule has 4 heteroatoms. The smallest absolute Gasteiger partial charge is 0.229 e. The lowest BCUT2D eigenvalue weighted by molar-refractivity contribution is -0.132. The van der Waals surface area contributed by atoms with Crippen molar-refractivity contribution in [1.29, 1.82) is 0 Å². The number of carbonyl (C=O) groups excluding carboxylic acids is 1. The van der Waals surface area contributed by atoms with E-state index >= 15 is 0 Å². The third kappa shape index (κ3) is 9.59. The van der Waals surface area contributed by atoms with Crippen LogP contribution in [-0.2, 0) is 4.79 Å². The van der Waals surface area contributed by atoms with Crippen molar-refractivity contribution >= 4 is 17.7 Å². The summed E-state index contributed by atoms with van der Waals surface area (Å²) in [5.74, 6) is 1.62. The highest BCUT2D eigenvalue weighted by atomic mass is 16.2. The topological polar surface area (TPSA) is 44.4 Å². The minimum Gasteiger partial charge on any atom is -0.388 e. The Morgan fingerprint density at radius 3 is 2.52 bits per heavy atom. The van der Waals surface area contributed by atoms with Gasteiger partial charge in [0.05, 0.1) is 5.92 Å². The van der Waals surface area contributed by atoms with Gasteiger partial charge in [-0.1, -0.05) is 75.8 Å². The highest BCUT2D eigenvalue weighted by Gasteiger charge is 2.26. The molecule has 4 nitrogen and oxygen atoms in total. The molecule has 0 spiro atoms. The fourth-order valence-corrected chi connectivity index (χ4v) is 4.43. The summed E-state index contributed by atoms with van der Waals surface area (Å²) in [7, 11) is 3.80. The number of benzene rings is 1. The van der Waals surface area contributed by atoms with Crippen LogP contribution < -0.4 is 10.6 Å². The Kier molecular flexibility index (Phi) is 13.5. The predicted octanol–water partition coefficient (Wildman–Crippen LogP) is 6.39. The van der Waals surface area contributed by atoms with Crippen molar-refractivity contribution in [2.24, 2.45) is 17.8 Å². The van der Waals surface area contributed by atoms with Crippen molar-refractivity contribution in [3.05, 3.63) is 61.2 Å². The zero-order valence-corrected chi connectivity index (χ0v) is 21.7. The lowest BCUT2D eigenvalue weighted by Crippen LogP contribution is -2.42.